The number of rotatable bonds is 9. The molecule has 182 valence electrons. The van der Waals surface area contributed by atoms with Crippen molar-refractivity contribution in [3.05, 3.63) is 65.2 Å². The lowest BCUT2D eigenvalue weighted by Gasteiger charge is -2.26. The molecule has 1 fully saturated rings. The Kier molecular flexibility index (Phi) is 7.99. The summed E-state index contributed by atoms with van der Waals surface area (Å²) in [5.74, 6) is -0.257. The molecule has 0 radical (unpaired) electrons. The average molecular weight is 467 g/mol. The standard InChI is InChI=1S/C27H34N2O5/c1-17(2)33-21-12-10-19(11-13-21)24-23(26(31)27(32)29(24)15-14-28(5)6)25(30)20-8-7-9-22(16-20)34-18(3)4/h7-13,16-18,24,30H,14-15H2,1-6H3/b25-23-. The number of hydrogen-bond acceptors (Lipinski definition) is 6. The third-order valence-electron chi connectivity index (χ3n) is 5.37. The quantitative estimate of drug-likeness (QED) is 0.338. The van der Waals surface area contributed by atoms with E-state index in [4.69, 9.17) is 9.47 Å². The summed E-state index contributed by atoms with van der Waals surface area (Å²) in [4.78, 5) is 29.7. The number of nitrogens with zero attached hydrogens (tertiary/aromatic N) is 2. The van der Waals surface area contributed by atoms with Crippen molar-refractivity contribution >= 4 is 17.4 Å². The number of benzene rings is 2. The SMILES string of the molecule is CC(C)Oc1ccc(C2/C(=C(/O)c3cccc(OC(C)C)c3)C(=O)C(=O)N2CCN(C)C)cc1. The molecule has 0 aromatic heterocycles. The molecule has 1 atom stereocenters. The molecule has 1 amide bonds. The van der Waals surface area contributed by atoms with E-state index in [1.165, 1.54) is 4.90 Å². The summed E-state index contributed by atoms with van der Waals surface area (Å²) in [6.07, 6.45) is -0.0162. The van der Waals surface area contributed by atoms with E-state index in [-0.39, 0.29) is 23.5 Å². The summed E-state index contributed by atoms with van der Waals surface area (Å²) in [7, 11) is 3.81. The molecule has 7 nitrogen and oxygen atoms in total. The molecule has 1 aliphatic heterocycles. The molecule has 2 aromatic carbocycles. The number of carbonyl (C=O) groups is 2. The number of hydrogen-bond donors (Lipinski definition) is 1. The third kappa shape index (κ3) is 5.78. The molecule has 34 heavy (non-hydrogen) atoms. The molecule has 3 rings (SSSR count). The second-order valence-electron chi connectivity index (χ2n) is 9.23. The number of ketones is 1. The highest BCUT2D eigenvalue weighted by Gasteiger charge is 2.45. The number of amides is 1. The first-order valence-corrected chi connectivity index (χ1v) is 11.5. The van der Waals surface area contributed by atoms with Crippen molar-refractivity contribution in [1.82, 2.24) is 9.80 Å². The smallest absolute Gasteiger partial charge is 0.295 e. The van der Waals surface area contributed by atoms with Crippen LogP contribution in [-0.2, 0) is 9.59 Å². The number of Topliss-reactive ketones (excluding diaryl/α,β-unsaturated/α-hetero) is 1. The van der Waals surface area contributed by atoms with Gasteiger partial charge in [0.1, 0.15) is 17.3 Å². The van der Waals surface area contributed by atoms with Gasteiger partial charge in [0, 0.05) is 18.7 Å². The lowest BCUT2D eigenvalue weighted by Crippen LogP contribution is -2.35. The molecule has 1 unspecified atom stereocenters. The second kappa shape index (κ2) is 10.7. The molecule has 2 aromatic rings. The van der Waals surface area contributed by atoms with Crippen LogP contribution in [0.4, 0.5) is 0 Å². The van der Waals surface area contributed by atoms with Gasteiger partial charge >= 0.3 is 0 Å². The van der Waals surface area contributed by atoms with Gasteiger partial charge in [0.05, 0.1) is 23.8 Å². The fourth-order valence-corrected chi connectivity index (χ4v) is 3.91. The first kappa shape index (κ1) is 25.3. The van der Waals surface area contributed by atoms with Gasteiger partial charge in [0.2, 0.25) is 0 Å². The van der Waals surface area contributed by atoms with Gasteiger partial charge in [0.15, 0.2) is 0 Å². The summed E-state index contributed by atoms with van der Waals surface area (Å²) in [5.41, 5.74) is 1.22. The van der Waals surface area contributed by atoms with Crippen LogP contribution in [0.15, 0.2) is 54.1 Å². The molecular formula is C27H34N2O5. The maximum Gasteiger partial charge on any atom is 0.295 e. The Balaban J connectivity index is 2.09. The number of aliphatic hydroxyl groups excluding tert-OH is 1. The Morgan fingerprint density at radius 1 is 0.971 bits per heavy atom. The van der Waals surface area contributed by atoms with Crippen LogP contribution in [0.1, 0.15) is 44.9 Å². The van der Waals surface area contributed by atoms with Gasteiger partial charge in [0.25, 0.3) is 11.7 Å². The first-order valence-electron chi connectivity index (χ1n) is 11.5. The molecular weight excluding hydrogens is 432 g/mol. The topological polar surface area (TPSA) is 79.3 Å². The van der Waals surface area contributed by atoms with Crippen molar-refractivity contribution in [2.24, 2.45) is 0 Å². The molecule has 0 saturated carbocycles. The lowest BCUT2D eigenvalue weighted by molar-refractivity contribution is -0.140. The van der Waals surface area contributed by atoms with Gasteiger partial charge < -0.3 is 24.4 Å². The van der Waals surface area contributed by atoms with E-state index < -0.39 is 17.7 Å². The van der Waals surface area contributed by atoms with Crippen LogP contribution in [0.2, 0.25) is 0 Å². The summed E-state index contributed by atoms with van der Waals surface area (Å²) >= 11 is 0. The highest BCUT2D eigenvalue weighted by Crippen LogP contribution is 2.40. The van der Waals surface area contributed by atoms with Crippen molar-refractivity contribution in [3.63, 3.8) is 0 Å². The zero-order valence-electron chi connectivity index (χ0n) is 20.7. The average Bonchev–Trinajstić information content (AvgIpc) is 3.01. The van der Waals surface area contributed by atoms with Gasteiger partial charge in [-0.05, 0) is 71.6 Å². The van der Waals surface area contributed by atoms with Gasteiger partial charge in [-0.15, -0.1) is 0 Å². The maximum absolute atomic E-state index is 13.2. The number of likely N-dealkylation sites (tertiary alicyclic amines) is 1. The predicted molar refractivity (Wildman–Crippen MR) is 132 cm³/mol. The molecule has 1 N–H and O–H groups in total. The largest absolute Gasteiger partial charge is 0.507 e. The molecule has 1 saturated heterocycles. The summed E-state index contributed by atoms with van der Waals surface area (Å²) < 4.78 is 11.5. The Hall–Kier alpha value is -3.32. The van der Waals surface area contributed by atoms with Gasteiger partial charge in [-0.1, -0.05) is 24.3 Å². The van der Waals surface area contributed by atoms with Crippen LogP contribution in [0.25, 0.3) is 5.76 Å². The van der Waals surface area contributed by atoms with Crippen LogP contribution in [0.3, 0.4) is 0 Å². The zero-order valence-corrected chi connectivity index (χ0v) is 20.7. The monoisotopic (exact) mass is 466 g/mol. The van der Waals surface area contributed by atoms with Crippen LogP contribution < -0.4 is 9.47 Å². The van der Waals surface area contributed by atoms with E-state index in [0.717, 1.165) is 5.56 Å². The number of ether oxygens (including phenoxy) is 2. The Labute approximate surface area is 201 Å². The predicted octanol–water partition coefficient (Wildman–Crippen LogP) is 4.24. The summed E-state index contributed by atoms with van der Waals surface area (Å²) in [5, 5.41) is 11.3. The minimum atomic E-state index is -0.706. The van der Waals surface area contributed by atoms with Crippen LogP contribution in [0.5, 0.6) is 11.5 Å². The van der Waals surface area contributed by atoms with E-state index in [0.29, 0.717) is 30.2 Å². The molecule has 0 spiro atoms. The second-order valence-corrected chi connectivity index (χ2v) is 9.23. The third-order valence-corrected chi connectivity index (χ3v) is 5.37. The number of aliphatic hydroxyl groups is 1. The molecule has 0 bridgehead atoms. The van der Waals surface area contributed by atoms with E-state index in [1.807, 2.05) is 71.0 Å². The fraction of sp³-hybridized carbons (Fsp3) is 0.407. The van der Waals surface area contributed by atoms with Crippen molar-refractivity contribution in [1.29, 1.82) is 0 Å². The first-order chi connectivity index (χ1) is 16.1. The van der Waals surface area contributed by atoms with E-state index in [1.54, 1.807) is 24.3 Å². The van der Waals surface area contributed by atoms with Crippen LogP contribution in [0, 0.1) is 0 Å². The summed E-state index contributed by atoms with van der Waals surface area (Å²) in [6, 6.07) is 13.5. The highest BCUT2D eigenvalue weighted by atomic mass is 16.5. The highest BCUT2D eigenvalue weighted by molar-refractivity contribution is 6.46. The van der Waals surface area contributed by atoms with Crippen molar-refractivity contribution in [2.45, 2.75) is 45.9 Å². The van der Waals surface area contributed by atoms with E-state index >= 15 is 0 Å². The zero-order chi connectivity index (χ0) is 25.0. The van der Waals surface area contributed by atoms with Gasteiger partial charge in [-0.2, -0.15) is 0 Å². The fourth-order valence-electron chi connectivity index (χ4n) is 3.91. The Morgan fingerprint density at radius 2 is 1.59 bits per heavy atom. The van der Waals surface area contributed by atoms with Gasteiger partial charge in [-0.25, -0.2) is 0 Å². The molecule has 1 heterocycles. The minimum absolute atomic E-state index is 0.0249. The van der Waals surface area contributed by atoms with Crippen molar-refractivity contribution in [2.75, 3.05) is 27.2 Å². The summed E-state index contributed by atoms with van der Waals surface area (Å²) in [6.45, 7) is 8.64. The van der Waals surface area contributed by atoms with Crippen LogP contribution in [-0.4, -0.2) is 66.0 Å². The van der Waals surface area contributed by atoms with Crippen molar-refractivity contribution in [3.8, 4) is 11.5 Å². The Bertz CT molecular complexity index is 1060. The van der Waals surface area contributed by atoms with Crippen LogP contribution >= 0.6 is 0 Å². The van der Waals surface area contributed by atoms with Crippen molar-refractivity contribution < 1.29 is 24.2 Å². The molecule has 0 aliphatic carbocycles. The maximum atomic E-state index is 13.2. The van der Waals surface area contributed by atoms with E-state index in [2.05, 4.69) is 0 Å². The van der Waals surface area contributed by atoms with Gasteiger partial charge in [-0.3, -0.25) is 9.59 Å². The molecule has 1 aliphatic rings. The number of carbonyl (C=O) groups excluding carboxylic acids is 2. The van der Waals surface area contributed by atoms with E-state index in [9.17, 15) is 14.7 Å². The lowest BCUT2D eigenvalue weighted by atomic mass is 9.95. The Morgan fingerprint density at radius 3 is 2.18 bits per heavy atom. The number of likely N-dealkylation sites (N-methyl/N-ethyl adjacent to an activating group) is 1. The minimum Gasteiger partial charge on any atom is -0.507 e. The normalized spacial score (nSPS) is 17.8. The molecule has 7 heteroatoms.